The molecule has 1 aliphatic rings. The number of ether oxygens (including phenoxy) is 2. The highest BCUT2D eigenvalue weighted by Gasteiger charge is 2.27. The molecule has 0 spiro atoms. The van der Waals surface area contributed by atoms with Crippen molar-refractivity contribution in [3.05, 3.63) is 59.9 Å². The number of carbonyl (C=O) groups excluding carboxylic acids is 1. The van der Waals surface area contributed by atoms with Crippen molar-refractivity contribution in [2.45, 2.75) is 52.6 Å². The second-order valence-corrected chi connectivity index (χ2v) is 10.3. The van der Waals surface area contributed by atoms with E-state index in [1.165, 1.54) is 11.1 Å². The summed E-state index contributed by atoms with van der Waals surface area (Å²) < 4.78 is 11.6. The first kappa shape index (κ1) is 24.8. The van der Waals surface area contributed by atoms with Gasteiger partial charge in [0.15, 0.2) is 0 Å². The number of hydrogen-bond donors (Lipinski definition) is 1. The summed E-state index contributed by atoms with van der Waals surface area (Å²) in [5.74, 6) is 2.05. The summed E-state index contributed by atoms with van der Waals surface area (Å²) in [5, 5.41) is 4.43. The summed E-state index contributed by atoms with van der Waals surface area (Å²) in [5.41, 5.74) is 2.97. The summed E-state index contributed by atoms with van der Waals surface area (Å²) in [6, 6.07) is 14.5. The van der Waals surface area contributed by atoms with Gasteiger partial charge < -0.3 is 19.7 Å². The summed E-state index contributed by atoms with van der Waals surface area (Å²) in [4.78, 5) is 22.9. The smallest absolute Gasteiger partial charge is 0.410 e. The topological polar surface area (TPSA) is 76.6 Å². The molecule has 7 heteroatoms. The highest BCUT2D eigenvalue weighted by Crippen LogP contribution is 2.26. The van der Waals surface area contributed by atoms with Crippen LogP contribution in [0.15, 0.2) is 48.8 Å². The molecule has 4 rings (SSSR count). The molecule has 1 aliphatic heterocycles. The van der Waals surface area contributed by atoms with E-state index < -0.39 is 5.60 Å². The molecule has 2 heterocycles. The Morgan fingerprint density at radius 2 is 1.91 bits per heavy atom. The van der Waals surface area contributed by atoms with Crippen molar-refractivity contribution in [2.75, 3.05) is 31.6 Å². The molecule has 35 heavy (non-hydrogen) atoms. The molecular formula is C28H36N4O3. The third-order valence-electron chi connectivity index (χ3n) is 6.15. The lowest BCUT2D eigenvalue weighted by Crippen LogP contribution is -2.42. The van der Waals surface area contributed by atoms with Crippen LogP contribution < -0.4 is 10.1 Å². The first-order chi connectivity index (χ1) is 16.8. The van der Waals surface area contributed by atoms with Gasteiger partial charge in [-0.25, -0.2) is 14.8 Å². The van der Waals surface area contributed by atoms with Crippen LogP contribution in [0.2, 0.25) is 0 Å². The number of anilines is 1. The zero-order chi connectivity index (χ0) is 24.8. The van der Waals surface area contributed by atoms with Crippen molar-refractivity contribution >= 4 is 22.8 Å². The highest BCUT2D eigenvalue weighted by atomic mass is 16.6. The van der Waals surface area contributed by atoms with E-state index in [9.17, 15) is 4.79 Å². The third kappa shape index (κ3) is 7.07. The van der Waals surface area contributed by atoms with Crippen LogP contribution >= 0.6 is 0 Å². The lowest BCUT2D eigenvalue weighted by Gasteiger charge is -2.33. The van der Waals surface area contributed by atoms with Crippen molar-refractivity contribution in [3.63, 3.8) is 0 Å². The lowest BCUT2D eigenvalue weighted by atomic mass is 9.98. The summed E-state index contributed by atoms with van der Waals surface area (Å²) in [6.07, 6.45) is 4.11. The molecule has 186 valence electrons. The predicted octanol–water partition coefficient (Wildman–Crippen LogP) is 5.62. The summed E-state index contributed by atoms with van der Waals surface area (Å²) in [6.45, 7) is 10.6. The van der Waals surface area contributed by atoms with Crippen molar-refractivity contribution in [1.82, 2.24) is 14.9 Å². The maximum Gasteiger partial charge on any atom is 0.410 e. The fourth-order valence-corrected chi connectivity index (χ4v) is 4.28. The van der Waals surface area contributed by atoms with Gasteiger partial charge in [-0.2, -0.15) is 0 Å². The van der Waals surface area contributed by atoms with Gasteiger partial charge in [-0.05, 0) is 70.6 Å². The molecular weight excluding hydrogens is 440 g/mol. The number of amides is 1. The zero-order valence-corrected chi connectivity index (χ0v) is 21.2. The summed E-state index contributed by atoms with van der Waals surface area (Å²) >= 11 is 0. The molecule has 1 amide bonds. The van der Waals surface area contributed by atoms with Gasteiger partial charge >= 0.3 is 6.09 Å². The van der Waals surface area contributed by atoms with Crippen molar-refractivity contribution in [1.29, 1.82) is 0 Å². The Balaban J connectivity index is 1.28. The number of hydrogen-bond acceptors (Lipinski definition) is 6. The largest absolute Gasteiger partial charge is 0.493 e. The van der Waals surface area contributed by atoms with Crippen molar-refractivity contribution in [3.8, 4) is 5.75 Å². The number of piperidine rings is 1. The van der Waals surface area contributed by atoms with Crippen LogP contribution in [0, 0.1) is 12.8 Å². The Hall–Kier alpha value is -3.35. The van der Waals surface area contributed by atoms with Crippen LogP contribution in [-0.2, 0) is 11.2 Å². The molecule has 1 N–H and O–H groups in total. The molecule has 7 nitrogen and oxygen atoms in total. The van der Waals surface area contributed by atoms with E-state index in [0.717, 1.165) is 48.3 Å². The number of benzene rings is 2. The fourth-order valence-electron chi connectivity index (χ4n) is 4.28. The Morgan fingerprint density at radius 3 is 2.66 bits per heavy atom. The maximum atomic E-state index is 12.3. The minimum Gasteiger partial charge on any atom is -0.493 e. The van der Waals surface area contributed by atoms with Gasteiger partial charge in [-0.15, -0.1) is 0 Å². The molecule has 0 unspecified atom stereocenters. The predicted molar refractivity (Wildman–Crippen MR) is 139 cm³/mol. The van der Waals surface area contributed by atoms with Gasteiger partial charge in [-0.1, -0.05) is 29.8 Å². The van der Waals surface area contributed by atoms with Gasteiger partial charge in [0, 0.05) is 31.1 Å². The molecule has 0 aliphatic carbocycles. The summed E-state index contributed by atoms with van der Waals surface area (Å²) in [7, 11) is 0. The quantitative estimate of drug-likeness (QED) is 0.477. The van der Waals surface area contributed by atoms with Crippen LogP contribution in [-0.4, -0.2) is 52.8 Å². The van der Waals surface area contributed by atoms with Gasteiger partial charge in [0.05, 0.1) is 12.1 Å². The standard InChI is InChI=1S/C28H36N4O3/c1-20-6-5-7-21(16-20)10-13-29-26-24-9-8-23(17-25(24)30-19-31-26)34-18-22-11-14-32(15-12-22)27(33)35-28(2,3)4/h5-9,16-17,19,22H,10-15,18H2,1-4H3,(H,29,30,31). The fraction of sp³-hybridized carbons (Fsp3) is 0.464. The Bertz CT molecular complexity index is 1150. The van der Waals surface area contributed by atoms with Crippen LogP contribution in [0.4, 0.5) is 10.6 Å². The number of nitrogens with one attached hydrogen (secondary N) is 1. The molecule has 1 aromatic heterocycles. The molecule has 0 bridgehead atoms. The van der Waals surface area contributed by atoms with Crippen LogP contribution in [0.3, 0.4) is 0 Å². The second-order valence-electron chi connectivity index (χ2n) is 10.3. The molecule has 1 fully saturated rings. The van der Waals surface area contributed by atoms with Gasteiger partial charge in [0.25, 0.3) is 0 Å². The lowest BCUT2D eigenvalue weighted by molar-refractivity contribution is 0.0165. The maximum absolute atomic E-state index is 12.3. The molecule has 1 saturated heterocycles. The van der Waals surface area contributed by atoms with Gasteiger partial charge in [0.1, 0.15) is 23.5 Å². The Labute approximate surface area is 207 Å². The number of likely N-dealkylation sites (tertiary alicyclic amines) is 1. The normalized spacial score (nSPS) is 14.7. The van der Waals surface area contributed by atoms with E-state index in [1.807, 2.05) is 39.0 Å². The Kier molecular flexibility index (Phi) is 7.73. The van der Waals surface area contributed by atoms with Crippen LogP contribution in [0.1, 0.15) is 44.7 Å². The van der Waals surface area contributed by atoms with Crippen LogP contribution in [0.5, 0.6) is 5.75 Å². The monoisotopic (exact) mass is 476 g/mol. The highest BCUT2D eigenvalue weighted by molar-refractivity contribution is 5.89. The third-order valence-corrected chi connectivity index (χ3v) is 6.15. The number of fused-ring (bicyclic) bond motifs is 1. The molecule has 0 radical (unpaired) electrons. The molecule has 0 saturated carbocycles. The van der Waals surface area contributed by atoms with Crippen molar-refractivity contribution < 1.29 is 14.3 Å². The second kappa shape index (κ2) is 10.9. The zero-order valence-electron chi connectivity index (χ0n) is 21.2. The van der Waals surface area contributed by atoms with E-state index in [1.54, 1.807) is 11.2 Å². The number of carbonyl (C=O) groups is 1. The minimum atomic E-state index is -0.465. The van der Waals surface area contributed by atoms with E-state index in [-0.39, 0.29) is 6.09 Å². The first-order valence-electron chi connectivity index (χ1n) is 12.4. The van der Waals surface area contributed by atoms with E-state index >= 15 is 0 Å². The number of aryl methyl sites for hydroxylation is 1. The van der Waals surface area contributed by atoms with Crippen molar-refractivity contribution in [2.24, 2.45) is 5.92 Å². The Morgan fingerprint density at radius 1 is 1.11 bits per heavy atom. The average molecular weight is 477 g/mol. The average Bonchev–Trinajstić information content (AvgIpc) is 2.82. The van der Waals surface area contributed by atoms with E-state index in [2.05, 4.69) is 46.5 Å². The number of nitrogens with zero attached hydrogens (tertiary/aromatic N) is 3. The van der Waals surface area contributed by atoms with Gasteiger partial charge in [-0.3, -0.25) is 0 Å². The number of aromatic nitrogens is 2. The number of rotatable bonds is 7. The van der Waals surface area contributed by atoms with Crippen LogP contribution in [0.25, 0.3) is 10.9 Å². The molecule has 0 atom stereocenters. The first-order valence-corrected chi connectivity index (χ1v) is 12.4. The minimum absolute atomic E-state index is 0.227. The van der Waals surface area contributed by atoms with E-state index in [4.69, 9.17) is 9.47 Å². The molecule has 2 aromatic carbocycles. The molecule has 3 aromatic rings. The van der Waals surface area contributed by atoms with Gasteiger partial charge in [0.2, 0.25) is 0 Å². The SMILES string of the molecule is Cc1cccc(CCNc2ncnc3cc(OCC4CCN(C(=O)OC(C)(C)C)CC4)ccc23)c1. The van der Waals surface area contributed by atoms with E-state index in [0.29, 0.717) is 25.6 Å².